The zero-order chi connectivity index (χ0) is 17.9. The number of non-ortho nitro benzene ring substituents is 1. The van der Waals surface area contributed by atoms with Gasteiger partial charge in [-0.3, -0.25) is 14.8 Å². The lowest BCUT2D eigenvalue weighted by Gasteiger charge is -2.12. The fourth-order valence-electron chi connectivity index (χ4n) is 1.86. The Morgan fingerprint density at radius 1 is 1.17 bits per heavy atom. The maximum Gasteiger partial charge on any atom is 0.271 e. The zero-order valence-corrected chi connectivity index (χ0v) is 13.1. The standard InChI is InChI=1S/C14H12N2O7S/c1-23-13-7-4-10(16(19)20)8-12(13)15-24(21,22)11-5-2-9(3-6-11)14(17)18/h2-8,15H,1H3,(H,17,18)/p-1. The van der Waals surface area contributed by atoms with Crippen LogP contribution in [0, 0.1) is 10.1 Å². The summed E-state index contributed by atoms with van der Waals surface area (Å²) in [7, 11) is -2.81. The number of methoxy groups -OCH3 is 1. The number of nitro benzene ring substituents is 1. The van der Waals surface area contributed by atoms with Crippen molar-refractivity contribution in [3.05, 3.63) is 58.1 Å². The van der Waals surface area contributed by atoms with Gasteiger partial charge < -0.3 is 14.6 Å². The third kappa shape index (κ3) is 3.60. The second kappa shape index (κ2) is 6.54. The van der Waals surface area contributed by atoms with Crippen LogP contribution in [-0.4, -0.2) is 26.4 Å². The van der Waals surface area contributed by atoms with Crippen LogP contribution in [0.3, 0.4) is 0 Å². The van der Waals surface area contributed by atoms with Gasteiger partial charge in [-0.05, 0) is 23.8 Å². The third-order valence-electron chi connectivity index (χ3n) is 3.04. The summed E-state index contributed by atoms with van der Waals surface area (Å²) in [6, 6.07) is 7.77. The fraction of sp³-hybridized carbons (Fsp3) is 0.0714. The molecule has 0 bridgehead atoms. The molecule has 0 amide bonds. The maximum atomic E-state index is 12.3. The summed E-state index contributed by atoms with van der Waals surface area (Å²) >= 11 is 0. The lowest BCUT2D eigenvalue weighted by Crippen LogP contribution is -2.22. The Bertz CT molecular complexity index is 892. The minimum absolute atomic E-state index is 0.0931. The lowest BCUT2D eigenvalue weighted by atomic mass is 10.2. The molecule has 24 heavy (non-hydrogen) atoms. The number of benzene rings is 2. The normalized spacial score (nSPS) is 10.9. The van der Waals surface area contributed by atoms with Crippen LogP contribution in [-0.2, 0) is 10.0 Å². The van der Waals surface area contributed by atoms with Gasteiger partial charge in [-0.25, -0.2) is 8.42 Å². The highest BCUT2D eigenvalue weighted by Gasteiger charge is 2.19. The topological polar surface area (TPSA) is 139 Å². The molecule has 2 rings (SSSR count). The van der Waals surface area contributed by atoms with E-state index in [1.165, 1.54) is 19.2 Å². The van der Waals surface area contributed by atoms with Gasteiger partial charge in [-0.15, -0.1) is 0 Å². The van der Waals surface area contributed by atoms with E-state index in [0.717, 1.165) is 30.3 Å². The van der Waals surface area contributed by atoms with Gasteiger partial charge in [-0.2, -0.15) is 0 Å². The van der Waals surface area contributed by atoms with Gasteiger partial charge in [0.15, 0.2) is 0 Å². The van der Waals surface area contributed by atoms with Crippen molar-refractivity contribution in [3.63, 3.8) is 0 Å². The number of nitrogens with one attached hydrogen (secondary N) is 1. The third-order valence-corrected chi connectivity index (χ3v) is 4.42. The van der Waals surface area contributed by atoms with Crippen LogP contribution < -0.4 is 14.6 Å². The Morgan fingerprint density at radius 3 is 2.29 bits per heavy atom. The zero-order valence-electron chi connectivity index (χ0n) is 12.3. The number of nitrogens with zero attached hydrogens (tertiary/aromatic N) is 1. The Hall–Kier alpha value is -3.14. The molecule has 0 saturated carbocycles. The summed E-state index contributed by atoms with van der Waals surface area (Å²) in [6.45, 7) is 0. The Balaban J connectivity index is 2.39. The molecule has 2 aromatic rings. The predicted molar refractivity (Wildman–Crippen MR) is 81.2 cm³/mol. The summed E-state index contributed by atoms with van der Waals surface area (Å²) in [6.07, 6.45) is 0. The van der Waals surface area contributed by atoms with E-state index in [2.05, 4.69) is 4.72 Å². The average molecular weight is 351 g/mol. The van der Waals surface area contributed by atoms with E-state index in [1.54, 1.807) is 0 Å². The fourth-order valence-corrected chi connectivity index (χ4v) is 2.92. The number of hydrogen-bond acceptors (Lipinski definition) is 7. The van der Waals surface area contributed by atoms with E-state index in [4.69, 9.17) is 4.74 Å². The number of anilines is 1. The van der Waals surface area contributed by atoms with Crippen LogP contribution in [0.2, 0.25) is 0 Å². The van der Waals surface area contributed by atoms with Gasteiger partial charge in [0.2, 0.25) is 0 Å². The highest BCUT2D eigenvalue weighted by molar-refractivity contribution is 7.92. The van der Waals surface area contributed by atoms with E-state index < -0.39 is 20.9 Å². The second-order valence-electron chi connectivity index (χ2n) is 4.56. The van der Waals surface area contributed by atoms with Crippen LogP contribution in [0.25, 0.3) is 0 Å². The van der Waals surface area contributed by atoms with Crippen molar-refractivity contribution in [2.24, 2.45) is 0 Å². The van der Waals surface area contributed by atoms with Crippen LogP contribution in [0.5, 0.6) is 5.75 Å². The SMILES string of the molecule is COc1ccc([N+](=O)[O-])cc1NS(=O)(=O)c1ccc(C(=O)[O-])cc1. The first-order valence-corrected chi connectivity index (χ1v) is 7.89. The number of sulfonamides is 1. The minimum Gasteiger partial charge on any atom is -0.545 e. The molecule has 0 spiro atoms. The van der Waals surface area contributed by atoms with Crippen molar-refractivity contribution in [3.8, 4) is 5.75 Å². The van der Waals surface area contributed by atoms with Crippen molar-refractivity contribution in [1.82, 2.24) is 0 Å². The number of rotatable bonds is 6. The summed E-state index contributed by atoms with van der Waals surface area (Å²) in [4.78, 5) is 20.6. The molecule has 0 saturated heterocycles. The number of carboxylic acids is 1. The quantitative estimate of drug-likeness (QED) is 0.599. The average Bonchev–Trinajstić information content (AvgIpc) is 2.54. The molecule has 10 heteroatoms. The molecule has 0 atom stereocenters. The molecular weight excluding hydrogens is 340 g/mol. The van der Waals surface area contributed by atoms with Crippen LogP contribution in [0.1, 0.15) is 10.4 Å². The molecule has 0 aliphatic rings. The summed E-state index contributed by atoms with van der Waals surface area (Å²) in [5.41, 5.74) is -0.613. The molecule has 0 unspecified atom stereocenters. The molecule has 0 fully saturated rings. The molecule has 2 aromatic carbocycles. The number of aromatic carboxylic acids is 1. The molecular formula is C14H11N2O7S-. The molecule has 0 aromatic heterocycles. The van der Waals surface area contributed by atoms with Gasteiger partial charge in [-0.1, -0.05) is 12.1 Å². The van der Waals surface area contributed by atoms with Crippen LogP contribution >= 0.6 is 0 Å². The van der Waals surface area contributed by atoms with Gasteiger partial charge in [0, 0.05) is 12.1 Å². The van der Waals surface area contributed by atoms with Gasteiger partial charge in [0.1, 0.15) is 5.75 Å². The van der Waals surface area contributed by atoms with Crippen molar-refractivity contribution in [2.45, 2.75) is 4.90 Å². The largest absolute Gasteiger partial charge is 0.545 e. The summed E-state index contributed by atoms with van der Waals surface area (Å²) < 4.78 is 31.8. The first kappa shape index (κ1) is 17.2. The number of ether oxygens (including phenoxy) is 1. The van der Waals surface area contributed by atoms with Gasteiger partial charge in [0.05, 0.1) is 28.6 Å². The molecule has 0 heterocycles. The highest BCUT2D eigenvalue weighted by atomic mass is 32.2. The number of carboxylic acid groups (broad SMARTS) is 1. The van der Waals surface area contributed by atoms with Crippen molar-refractivity contribution < 1.29 is 28.0 Å². The van der Waals surface area contributed by atoms with Crippen molar-refractivity contribution >= 4 is 27.4 Å². The number of carbonyl (C=O) groups is 1. The number of hydrogen-bond donors (Lipinski definition) is 1. The van der Waals surface area contributed by atoms with Crippen molar-refractivity contribution in [2.75, 3.05) is 11.8 Å². The van der Waals surface area contributed by atoms with E-state index in [9.17, 15) is 28.4 Å². The molecule has 126 valence electrons. The highest BCUT2D eigenvalue weighted by Crippen LogP contribution is 2.30. The lowest BCUT2D eigenvalue weighted by molar-refractivity contribution is -0.384. The van der Waals surface area contributed by atoms with Crippen LogP contribution in [0.15, 0.2) is 47.4 Å². The van der Waals surface area contributed by atoms with Gasteiger partial charge in [0.25, 0.3) is 15.7 Å². The monoisotopic (exact) mass is 351 g/mol. The molecule has 0 aliphatic heterocycles. The minimum atomic E-state index is -4.10. The van der Waals surface area contributed by atoms with Gasteiger partial charge >= 0.3 is 0 Å². The van der Waals surface area contributed by atoms with E-state index in [-0.39, 0.29) is 27.6 Å². The summed E-state index contributed by atoms with van der Waals surface area (Å²) in [5.74, 6) is -1.34. The molecule has 0 radical (unpaired) electrons. The molecule has 1 N–H and O–H groups in total. The number of nitro groups is 1. The molecule has 0 aliphatic carbocycles. The predicted octanol–water partition coefficient (Wildman–Crippen LogP) is 0.768. The Labute approximate surface area is 136 Å². The van der Waals surface area contributed by atoms with Crippen molar-refractivity contribution in [1.29, 1.82) is 0 Å². The second-order valence-corrected chi connectivity index (χ2v) is 6.24. The Morgan fingerprint density at radius 2 is 1.79 bits per heavy atom. The Kier molecular flexibility index (Phi) is 4.69. The molecule has 9 nitrogen and oxygen atoms in total. The summed E-state index contributed by atoms with van der Waals surface area (Å²) in [5, 5.41) is 21.5. The van der Waals surface area contributed by atoms with Crippen LogP contribution in [0.4, 0.5) is 11.4 Å². The smallest absolute Gasteiger partial charge is 0.271 e. The van der Waals surface area contributed by atoms with E-state index in [1.807, 2.05) is 0 Å². The van der Waals surface area contributed by atoms with E-state index in [0.29, 0.717) is 0 Å². The van der Waals surface area contributed by atoms with E-state index >= 15 is 0 Å². The first-order valence-electron chi connectivity index (χ1n) is 6.41. The number of carbonyl (C=O) groups excluding carboxylic acids is 1. The first-order chi connectivity index (χ1) is 11.2. The maximum absolute atomic E-state index is 12.3.